The normalized spacial score (nSPS) is 12.7. The molecule has 3 rings (SSSR count). The number of benzene rings is 1. The van der Waals surface area contributed by atoms with Crippen molar-refractivity contribution in [3.8, 4) is 17.2 Å². The Morgan fingerprint density at radius 1 is 1.32 bits per heavy atom. The van der Waals surface area contributed by atoms with E-state index in [1.165, 1.54) is 0 Å². The minimum atomic E-state index is 0.212. The molecule has 0 unspecified atom stereocenters. The predicted molar refractivity (Wildman–Crippen MR) is 63.8 cm³/mol. The zero-order valence-electron chi connectivity index (χ0n) is 10.4. The van der Waals surface area contributed by atoms with E-state index in [1.54, 1.807) is 13.0 Å². The standard InChI is InChI=1S/C12H13N3O4/c1-7-14-12(15-19-7)5-16-9-3-11-10(17-6-18-11)2-8(9)4-13/h2-3H,4-6,13H2,1H3. The van der Waals surface area contributed by atoms with Crippen molar-refractivity contribution < 1.29 is 18.7 Å². The number of aromatic nitrogens is 2. The van der Waals surface area contributed by atoms with Crippen molar-refractivity contribution in [3.63, 3.8) is 0 Å². The van der Waals surface area contributed by atoms with Crippen LogP contribution in [0.15, 0.2) is 16.7 Å². The molecule has 0 fully saturated rings. The zero-order valence-corrected chi connectivity index (χ0v) is 10.4. The van der Waals surface area contributed by atoms with Gasteiger partial charge in [0, 0.05) is 25.1 Å². The van der Waals surface area contributed by atoms with Crippen molar-refractivity contribution >= 4 is 0 Å². The average Bonchev–Trinajstić information content (AvgIpc) is 3.03. The largest absolute Gasteiger partial charge is 0.485 e. The van der Waals surface area contributed by atoms with Crippen LogP contribution in [-0.2, 0) is 13.2 Å². The van der Waals surface area contributed by atoms with E-state index in [0.717, 1.165) is 5.56 Å². The summed E-state index contributed by atoms with van der Waals surface area (Å²) in [6, 6.07) is 3.58. The Morgan fingerprint density at radius 3 is 2.79 bits per heavy atom. The van der Waals surface area contributed by atoms with E-state index < -0.39 is 0 Å². The van der Waals surface area contributed by atoms with Gasteiger partial charge in [-0.15, -0.1) is 0 Å². The smallest absolute Gasteiger partial charge is 0.231 e. The molecule has 0 aliphatic carbocycles. The summed E-state index contributed by atoms with van der Waals surface area (Å²) in [4.78, 5) is 4.06. The van der Waals surface area contributed by atoms with Gasteiger partial charge in [0.05, 0.1) is 0 Å². The fourth-order valence-corrected chi connectivity index (χ4v) is 1.80. The number of hydrogen-bond acceptors (Lipinski definition) is 7. The van der Waals surface area contributed by atoms with Gasteiger partial charge in [-0.05, 0) is 6.07 Å². The molecule has 7 nitrogen and oxygen atoms in total. The van der Waals surface area contributed by atoms with Crippen LogP contribution in [-0.4, -0.2) is 16.9 Å². The van der Waals surface area contributed by atoms with E-state index in [9.17, 15) is 0 Å². The lowest BCUT2D eigenvalue weighted by molar-refractivity contribution is 0.173. The van der Waals surface area contributed by atoms with Crippen LogP contribution in [0.5, 0.6) is 17.2 Å². The average molecular weight is 263 g/mol. The molecule has 0 radical (unpaired) electrons. The van der Waals surface area contributed by atoms with Crippen LogP contribution in [0.2, 0.25) is 0 Å². The molecule has 100 valence electrons. The number of hydrogen-bond donors (Lipinski definition) is 1. The molecular weight excluding hydrogens is 250 g/mol. The number of nitrogens with two attached hydrogens (primary N) is 1. The molecule has 0 amide bonds. The van der Waals surface area contributed by atoms with Gasteiger partial charge in [-0.3, -0.25) is 0 Å². The van der Waals surface area contributed by atoms with Crippen molar-refractivity contribution in [1.29, 1.82) is 0 Å². The van der Waals surface area contributed by atoms with Crippen LogP contribution in [0.3, 0.4) is 0 Å². The molecule has 2 N–H and O–H groups in total. The number of nitrogens with zero attached hydrogens (tertiary/aromatic N) is 2. The Balaban J connectivity index is 1.80. The van der Waals surface area contributed by atoms with Crippen molar-refractivity contribution in [2.45, 2.75) is 20.1 Å². The van der Waals surface area contributed by atoms with E-state index >= 15 is 0 Å². The molecule has 0 atom stereocenters. The van der Waals surface area contributed by atoms with Crippen LogP contribution >= 0.6 is 0 Å². The van der Waals surface area contributed by atoms with Gasteiger partial charge in [0.25, 0.3) is 0 Å². The summed E-state index contributed by atoms with van der Waals surface area (Å²) in [6.45, 7) is 2.50. The first-order valence-corrected chi connectivity index (χ1v) is 5.81. The van der Waals surface area contributed by atoms with E-state index in [2.05, 4.69) is 10.1 Å². The van der Waals surface area contributed by atoms with Gasteiger partial charge in [-0.1, -0.05) is 5.16 Å². The number of rotatable bonds is 4. The SMILES string of the molecule is Cc1nc(COc2cc3c(cc2CN)OCO3)no1. The highest BCUT2D eigenvalue weighted by atomic mass is 16.7. The predicted octanol–water partition coefficient (Wildman–Crippen LogP) is 1.14. The first-order chi connectivity index (χ1) is 9.26. The molecule has 0 saturated heterocycles. The summed E-state index contributed by atoms with van der Waals surface area (Å²) in [6.07, 6.45) is 0. The third kappa shape index (κ3) is 2.32. The lowest BCUT2D eigenvalue weighted by atomic mass is 10.2. The molecule has 1 aliphatic heterocycles. The summed E-state index contributed by atoms with van der Waals surface area (Å²) >= 11 is 0. The van der Waals surface area contributed by atoms with Gasteiger partial charge in [-0.2, -0.15) is 4.98 Å². The van der Waals surface area contributed by atoms with E-state index in [0.29, 0.717) is 35.5 Å². The van der Waals surface area contributed by atoms with Crippen molar-refractivity contribution in [2.75, 3.05) is 6.79 Å². The van der Waals surface area contributed by atoms with Crippen molar-refractivity contribution in [1.82, 2.24) is 10.1 Å². The Bertz CT molecular complexity index is 597. The molecule has 1 aliphatic rings. The minimum absolute atomic E-state index is 0.212. The summed E-state index contributed by atoms with van der Waals surface area (Å²) in [5.74, 6) is 2.95. The van der Waals surface area contributed by atoms with Crippen LogP contribution in [0.1, 0.15) is 17.3 Å². The molecule has 1 aromatic carbocycles. The molecule has 19 heavy (non-hydrogen) atoms. The Labute approximate surface area is 109 Å². The first-order valence-electron chi connectivity index (χ1n) is 5.81. The highest BCUT2D eigenvalue weighted by molar-refractivity contribution is 5.51. The second-order valence-electron chi connectivity index (χ2n) is 4.04. The topological polar surface area (TPSA) is 92.6 Å². The van der Waals surface area contributed by atoms with Gasteiger partial charge in [0.2, 0.25) is 18.5 Å². The van der Waals surface area contributed by atoms with Gasteiger partial charge in [0.1, 0.15) is 5.75 Å². The van der Waals surface area contributed by atoms with Crippen LogP contribution in [0.4, 0.5) is 0 Å². The van der Waals surface area contributed by atoms with Gasteiger partial charge < -0.3 is 24.5 Å². The molecule has 0 spiro atoms. The number of fused-ring (bicyclic) bond motifs is 1. The second kappa shape index (κ2) is 4.77. The maximum atomic E-state index is 5.69. The molecular formula is C12H13N3O4. The van der Waals surface area contributed by atoms with Crippen LogP contribution in [0.25, 0.3) is 0 Å². The third-order valence-electron chi connectivity index (χ3n) is 2.70. The molecule has 1 aromatic heterocycles. The van der Waals surface area contributed by atoms with Crippen LogP contribution < -0.4 is 19.9 Å². The van der Waals surface area contributed by atoms with Crippen molar-refractivity contribution in [3.05, 3.63) is 29.4 Å². The lowest BCUT2D eigenvalue weighted by Crippen LogP contribution is -2.03. The van der Waals surface area contributed by atoms with Gasteiger partial charge >= 0.3 is 0 Å². The zero-order chi connectivity index (χ0) is 13.2. The summed E-state index contributed by atoms with van der Waals surface area (Å²) < 4.78 is 21.1. The molecule has 0 saturated carbocycles. The van der Waals surface area contributed by atoms with E-state index in [1.807, 2.05) is 6.07 Å². The highest BCUT2D eigenvalue weighted by Crippen LogP contribution is 2.38. The molecule has 2 heterocycles. The van der Waals surface area contributed by atoms with Gasteiger partial charge in [0.15, 0.2) is 18.1 Å². The third-order valence-corrected chi connectivity index (χ3v) is 2.70. The quantitative estimate of drug-likeness (QED) is 0.884. The summed E-state index contributed by atoms with van der Waals surface area (Å²) in [5.41, 5.74) is 6.53. The van der Waals surface area contributed by atoms with Gasteiger partial charge in [-0.25, -0.2) is 0 Å². The fraction of sp³-hybridized carbons (Fsp3) is 0.333. The highest BCUT2D eigenvalue weighted by Gasteiger charge is 2.18. The Kier molecular flexibility index (Phi) is 2.96. The number of aryl methyl sites for hydroxylation is 1. The fourth-order valence-electron chi connectivity index (χ4n) is 1.80. The maximum absolute atomic E-state index is 5.69. The monoisotopic (exact) mass is 263 g/mol. The van der Waals surface area contributed by atoms with Crippen molar-refractivity contribution in [2.24, 2.45) is 5.73 Å². The maximum Gasteiger partial charge on any atom is 0.231 e. The Morgan fingerprint density at radius 2 is 2.11 bits per heavy atom. The van der Waals surface area contributed by atoms with Crippen LogP contribution in [0, 0.1) is 6.92 Å². The number of ether oxygens (including phenoxy) is 3. The molecule has 7 heteroatoms. The molecule has 2 aromatic rings. The van der Waals surface area contributed by atoms with E-state index in [-0.39, 0.29) is 13.4 Å². The summed E-state index contributed by atoms with van der Waals surface area (Å²) in [7, 11) is 0. The Hall–Kier alpha value is -2.28. The first kappa shape index (κ1) is 11.8. The lowest BCUT2D eigenvalue weighted by Gasteiger charge is -2.09. The minimum Gasteiger partial charge on any atom is -0.485 e. The summed E-state index contributed by atoms with van der Waals surface area (Å²) in [5, 5.41) is 3.76. The van der Waals surface area contributed by atoms with E-state index in [4.69, 9.17) is 24.5 Å². The second-order valence-corrected chi connectivity index (χ2v) is 4.04. The molecule has 0 bridgehead atoms.